The van der Waals surface area contributed by atoms with Crippen LogP contribution in [0.15, 0.2) is 70.1 Å². The van der Waals surface area contributed by atoms with Gasteiger partial charge in [0.2, 0.25) is 11.2 Å². The van der Waals surface area contributed by atoms with E-state index in [0.29, 0.717) is 31.1 Å². The van der Waals surface area contributed by atoms with Crippen molar-refractivity contribution in [3.8, 4) is 5.75 Å². The van der Waals surface area contributed by atoms with Crippen molar-refractivity contribution >= 4 is 5.69 Å². The number of para-hydroxylation sites is 1. The minimum absolute atomic E-state index is 0.118. The third kappa shape index (κ3) is 4.86. The van der Waals surface area contributed by atoms with Gasteiger partial charge in [-0.15, -0.1) is 0 Å². The first-order valence-electron chi connectivity index (χ1n) is 9.79. The Labute approximate surface area is 173 Å². The Morgan fingerprint density at radius 2 is 1.70 bits per heavy atom. The lowest BCUT2D eigenvalue weighted by Gasteiger charge is -2.35. The molecule has 7 heteroatoms. The van der Waals surface area contributed by atoms with Gasteiger partial charge < -0.3 is 14.1 Å². The fraction of sp³-hybridized carbons (Fsp3) is 0.261. The fourth-order valence-electron chi connectivity index (χ4n) is 3.44. The van der Waals surface area contributed by atoms with Crippen LogP contribution in [0.5, 0.6) is 5.75 Å². The summed E-state index contributed by atoms with van der Waals surface area (Å²) in [6.45, 7) is 3.52. The van der Waals surface area contributed by atoms with Crippen LogP contribution in [0.3, 0.4) is 0 Å². The van der Waals surface area contributed by atoms with Crippen LogP contribution in [-0.2, 0) is 13.2 Å². The molecular weight excluding hydrogens is 390 g/mol. The van der Waals surface area contributed by atoms with Crippen molar-refractivity contribution < 1.29 is 17.9 Å². The fourth-order valence-corrected chi connectivity index (χ4v) is 3.44. The molecule has 1 aliphatic heterocycles. The average molecular weight is 412 g/mol. The third-order valence-corrected chi connectivity index (χ3v) is 5.10. The summed E-state index contributed by atoms with van der Waals surface area (Å²) in [5.74, 6) is 0.131. The first kappa shape index (κ1) is 20.1. The lowest BCUT2D eigenvalue weighted by molar-refractivity contribution is 0.224. The number of hydrogen-bond acceptors (Lipinski definition) is 5. The van der Waals surface area contributed by atoms with Gasteiger partial charge in [0.1, 0.15) is 30.3 Å². The van der Waals surface area contributed by atoms with Crippen molar-refractivity contribution in [3.63, 3.8) is 0 Å². The summed E-state index contributed by atoms with van der Waals surface area (Å²) in [5.41, 5.74) is 1.11. The largest absolute Gasteiger partial charge is 0.482 e. The summed E-state index contributed by atoms with van der Waals surface area (Å²) in [5, 5.41) is 0. The number of piperazine rings is 1. The zero-order valence-electron chi connectivity index (χ0n) is 16.4. The zero-order chi connectivity index (χ0) is 20.9. The summed E-state index contributed by atoms with van der Waals surface area (Å²) in [6, 6.07) is 14.1. The van der Waals surface area contributed by atoms with E-state index in [1.54, 1.807) is 24.3 Å². The number of rotatable bonds is 6. The lowest BCUT2D eigenvalue weighted by atomic mass is 10.2. The van der Waals surface area contributed by atoms with E-state index in [1.165, 1.54) is 30.5 Å². The highest BCUT2D eigenvalue weighted by molar-refractivity contribution is 5.48. The molecule has 0 atom stereocenters. The van der Waals surface area contributed by atoms with Gasteiger partial charge in [-0.1, -0.05) is 24.3 Å². The van der Waals surface area contributed by atoms with E-state index in [2.05, 4.69) is 4.90 Å². The zero-order valence-corrected chi connectivity index (χ0v) is 16.4. The maximum absolute atomic E-state index is 14.0. The minimum Gasteiger partial charge on any atom is -0.482 e. The van der Waals surface area contributed by atoms with E-state index < -0.39 is 0 Å². The van der Waals surface area contributed by atoms with Gasteiger partial charge in [0, 0.05) is 32.2 Å². The Bertz CT molecular complexity index is 1040. The second-order valence-corrected chi connectivity index (χ2v) is 7.20. The van der Waals surface area contributed by atoms with Crippen LogP contribution in [0.25, 0.3) is 0 Å². The number of hydrogen-bond donors (Lipinski definition) is 0. The highest BCUT2D eigenvalue weighted by Crippen LogP contribution is 2.21. The van der Waals surface area contributed by atoms with Crippen molar-refractivity contribution in [2.24, 2.45) is 0 Å². The standard InChI is InChI=1S/C23H22F2N2O3/c24-18-7-5-17(6-8-18)15-30-23-16-29-19(13-22(23)28)14-26-9-11-27(12-10-26)21-4-2-1-3-20(21)25/h1-8,13,16H,9-12,14-15H2. The molecule has 0 saturated carbocycles. The van der Waals surface area contributed by atoms with E-state index in [0.717, 1.165) is 18.7 Å². The summed E-state index contributed by atoms with van der Waals surface area (Å²) in [4.78, 5) is 16.5. The molecule has 0 radical (unpaired) electrons. The Balaban J connectivity index is 1.31. The molecule has 156 valence electrons. The normalized spacial score (nSPS) is 14.7. The molecule has 0 aliphatic carbocycles. The van der Waals surface area contributed by atoms with Crippen LogP contribution >= 0.6 is 0 Å². The molecule has 3 aromatic rings. The average Bonchev–Trinajstić information content (AvgIpc) is 2.75. The van der Waals surface area contributed by atoms with Crippen LogP contribution in [-0.4, -0.2) is 31.1 Å². The van der Waals surface area contributed by atoms with Crippen molar-refractivity contribution in [1.29, 1.82) is 0 Å². The van der Waals surface area contributed by atoms with Gasteiger partial charge in [0.25, 0.3) is 0 Å². The van der Waals surface area contributed by atoms with Crippen LogP contribution < -0.4 is 15.1 Å². The molecule has 2 heterocycles. The predicted molar refractivity (Wildman–Crippen MR) is 110 cm³/mol. The third-order valence-electron chi connectivity index (χ3n) is 5.10. The second kappa shape index (κ2) is 9.09. The quantitative estimate of drug-likeness (QED) is 0.616. The summed E-state index contributed by atoms with van der Waals surface area (Å²) >= 11 is 0. The molecule has 1 fully saturated rings. The number of ether oxygens (including phenoxy) is 1. The first-order chi connectivity index (χ1) is 14.6. The Morgan fingerprint density at radius 1 is 0.967 bits per heavy atom. The SMILES string of the molecule is O=c1cc(CN2CCN(c3ccccc3F)CC2)occ1OCc1ccc(F)cc1. The molecule has 0 N–H and O–H groups in total. The number of anilines is 1. The molecule has 2 aromatic carbocycles. The molecule has 0 amide bonds. The molecule has 5 nitrogen and oxygen atoms in total. The van der Waals surface area contributed by atoms with Crippen molar-refractivity contribution in [2.75, 3.05) is 31.1 Å². The van der Waals surface area contributed by atoms with Gasteiger partial charge in [-0.25, -0.2) is 8.78 Å². The number of benzene rings is 2. The molecule has 1 saturated heterocycles. The maximum Gasteiger partial charge on any atom is 0.227 e. The molecule has 1 aromatic heterocycles. The highest BCUT2D eigenvalue weighted by atomic mass is 19.1. The molecule has 1 aliphatic rings. The van der Waals surface area contributed by atoms with Crippen LogP contribution in [0, 0.1) is 11.6 Å². The van der Waals surface area contributed by atoms with Crippen molar-refractivity contribution in [1.82, 2.24) is 4.90 Å². The molecule has 0 spiro atoms. The Morgan fingerprint density at radius 3 is 2.40 bits per heavy atom. The smallest absolute Gasteiger partial charge is 0.227 e. The van der Waals surface area contributed by atoms with Crippen LogP contribution in [0.2, 0.25) is 0 Å². The molecule has 0 bridgehead atoms. The van der Waals surface area contributed by atoms with Gasteiger partial charge in [-0.3, -0.25) is 9.69 Å². The van der Waals surface area contributed by atoms with E-state index in [1.807, 2.05) is 11.0 Å². The van der Waals surface area contributed by atoms with Gasteiger partial charge in [-0.2, -0.15) is 0 Å². The monoisotopic (exact) mass is 412 g/mol. The van der Waals surface area contributed by atoms with E-state index >= 15 is 0 Å². The van der Waals surface area contributed by atoms with Crippen LogP contribution in [0.4, 0.5) is 14.5 Å². The van der Waals surface area contributed by atoms with Gasteiger partial charge >= 0.3 is 0 Å². The molecule has 4 rings (SSSR count). The molecule has 0 unspecified atom stereocenters. The predicted octanol–water partition coefficient (Wildman–Crippen LogP) is 3.82. The second-order valence-electron chi connectivity index (χ2n) is 7.20. The van der Waals surface area contributed by atoms with E-state index in [4.69, 9.17) is 9.15 Å². The number of nitrogens with zero attached hydrogens (tertiary/aromatic N) is 2. The summed E-state index contributed by atoms with van der Waals surface area (Å²) in [6.07, 6.45) is 1.32. The van der Waals surface area contributed by atoms with Gasteiger partial charge in [0.15, 0.2) is 0 Å². The first-order valence-corrected chi connectivity index (χ1v) is 9.79. The van der Waals surface area contributed by atoms with Crippen molar-refractivity contribution in [2.45, 2.75) is 13.2 Å². The van der Waals surface area contributed by atoms with Gasteiger partial charge in [0.05, 0.1) is 12.2 Å². The number of halogens is 2. The highest BCUT2D eigenvalue weighted by Gasteiger charge is 2.20. The Hall–Kier alpha value is -3.19. The van der Waals surface area contributed by atoms with Crippen LogP contribution in [0.1, 0.15) is 11.3 Å². The molecule has 30 heavy (non-hydrogen) atoms. The lowest BCUT2D eigenvalue weighted by Crippen LogP contribution is -2.46. The van der Waals surface area contributed by atoms with E-state index in [-0.39, 0.29) is 29.4 Å². The van der Waals surface area contributed by atoms with E-state index in [9.17, 15) is 13.6 Å². The van der Waals surface area contributed by atoms with Crippen molar-refractivity contribution in [3.05, 3.63) is 94.0 Å². The topological polar surface area (TPSA) is 45.9 Å². The summed E-state index contributed by atoms with van der Waals surface area (Å²) in [7, 11) is 0. The van der Waals surface area contributed by atoms with Gasteiger partial charge in [-0.05, 0) is 29.8 Å². The molecular formula is C23H22F2N2O3. The minimum atomic E-state index is -0.322. The maximum atomic E-state index is 14.0. The summed E-state index contributed by atoms with van der Waals surface area (Å²) < 4.78 is 38.0. The Kier molecular flexibility index (Phi) is 6.09.